The van der Waals surface area contributed by atoms with Crippen molar-refractivity contribution < 1.29 is 19.1 Å². The molecule has 2 heterocycles. The minimum Gasteiger partial charge on any atom is -0.444 e. The van der Waals surface area contributed by atoms with Gasteiger partial charge in [-0.15, -0.1) is 0 Å². The van der Waals surface area contributed by atoms with E-state index in [-0.39, 0.29) is 29.6 Å². The van der Waals surface area contributed by atoms with Crippen molar-refractivity contribution in [2.75, 3.05) is 13.1 Å². The van der Waals surface area contributed by atoms with Crippen LogP contribution in [-0.2, 0) is 16.6 Å². The van der Waals surface area contributed by atoms with Gasteiger partial charge in [0.2, 0.25) is 0 Å². The van der Waals surface area contributed by atoms with Crippen molar-refractivity contribution in [3.63, 3.8) is 0 Å². The summed E-state index contributed by atoms with van der Waals surface area (Å²) in [4.78, 5) is 28.6. The van der Waals surface area contributed by atoms with Gasteiger partial charge in [0.05, 0.1) is 12.6 Å². The number of thiocarbonyl (C=S) groups is 1. The molecule has 0 aliphatic carbocycles. The predicted octanol–water partition coefficient (Wildman–Crippen LogP) is 1.55. The summed E-state index contributed by atoms with van der Waals surface area (Å²) >= 11 is 5.34. The van der Waals surface area contributed by atoms with Crippen LogP contribution in [0.4, 0.5) is 4.79 Å². The van der Waals surface area contributed by atoms with Gasteiger partial charge in [0.25, 0.3) is 5.17 Å². The van der Waals surface area contributed by atoms with Crippen LogP contribution < -0.4 is 4.74 Å². The van der Waals surface area contributed by atoms with E-state index in [0.717, 1.165) is 6.42 Å². The van der Waals surface area contributed by atoms with Gasteiger partial charge in [0, 0.05) is 19.6 Å². The molecule has 1 atom stereocenters. The molecule has 1 aromatic rings. The lowest BCUT2D eigenvalue weighted by Gasteiger charge is -2.31. The minimum atomic E-state index is -0.614. The Hall–Kier alpha value is -2.30. The van der Waals surface area contributed by atoms with Crippen LogP contribution in [0.25, 0.3) is 0 Å². The molecule has 0 spiro atoms. The van der Waals surface area contributed by atoms with Crippen molar-refractivity contribution in [3.8, 4) is 6.01 Å². The molecule has 11 heteroatoms. The van der Waals surface area contributed by atoms with Crippen LogP contribution in [-0.4, -0.2) is 77.8 Å². The Kier molecular flexibility index (Phi) is 6.91. The van der Waals surface area contributed by atoms with E-state index < -0.39 is 17.7 Å². The molecule has 156 valence electrons. The lowest BCUT2D eigenvalue weighted by molar-refractivity contribution is -0.124. The molecule has 1 amide bonds. The Morgan fingerprint density at radius 2 is 2.04 bits per heavy atom. The van der Waals surface area contributed by atoms with Gasteiger partial charge in [-0.3, -0.25) is 9.69 Å². The maximum atomic E-state index is 13.0. The number of aryl methyl sites for hydroxylation is 1. The Balaban J connectivity index is 2.05. The van der Waals surface area contributed by atoms with Crippen molar-refractivity contribution in [1.29, 1.82) is 0 Å². The Morgan fingerprint density at radius 1 is 1.36 bits per heavy atom. The zero-order valence-electron chi connectivity index (χ0n) is 17.2. The Morgan fingerprint density at radius 3 is 2.57 bits per heavy atom. The summed E-state index contributed by atoms with van der Waals surface area (Å²) in [6.45, 7) is 9.72. The normalized spacial score (nSPS) is 17.0. The number of tetrazole rings is 1. The molecule has 0 radical (unpaired) electrons. The van der Waals surface area contributed by atoms with Crippen LogP contribution in [0.1, 0.15) is 47.5 Å². The molecular formula is C17H28N6O4S. The third kappa shape index (κ3) is 5.60. The molecule has 28 heavy (non-hydrogen) atoms. The highest BCUT2D eigenvalue weighted by atomic mass is 32.1. The van der Waals surface area contributed by atoms with Gasteiger partial charge >= 0.3 is 12.1 Å². The molecule has 0 saturated carbocycles. The average Bonchev–Trinajstić information content (AvgIpc) is 3.20. The Bertz CT molecular complexity index is 729. The summed E-state index contributed by atoms with van der Waals surface area (Å²) < 4.78 is 12.3. The number of aromatic nitrogens is 4. The highest BCUT2D eigenvalue weighted by Crippen LogP contribution is 2.22. The lowest BCUT2D eigenvalue weighted by Crippen LogP contribution is -2.49. The highest BCUT2D eigenvalue weighted by Gasteiger charge is 2.37. The fraction of sp³-hybridized carbons (Fsp3) is 0.765. The van der Waals surface area contributed by atoms with Crippen molar-refractivity contribution in [2.24, 2.45) is 7.05 Å². The summed E-state index contributed by atoms with van der Waals surface area (Å²) in [5.41, 5.74) is -0.614. The van der Waals surface area contributed by atoms with Gasteiger partial charge in [-0.25, -0.2) is 4.79 Å². The second-order valence-electron chi connectivity index (χ2n) is 7.97. The van der Waals surface area contributed by atoms with Crippen LogP contribution in [0.3, 0.4) is 0 Å². The fourth-order valence-electron chi connectivity index (χ4n) is 2.82. The van der Waals surface area contributed by atoms with Gasteiger partial charge in [-0.2, -0.15) is 4.68 Å². The molecule has 0 aromatic carbocycles. The number of hydrogen-bond donors (Lipinski definition) is 0. The number of hydrogen-bond acceptors (Lipinski definition) is 8. The van der Waals surface area contributed by atoms with Crippen LogP contribution in [0.15, 0.2) is 0 Å². The topological polar surface area (TPSA) is 103 Å². The molecule has 2 rings (SSSR count). The van der Waals surface area contributed by atoms with Gasteiger partial charge < -0.3 is 14.4 Å². The molecule has 0 bridgehead atoms. The van der Waals surface area contributed by atoms with Crippen LogP contribution in [0.5, 0.6) is 6.01 Å². The first-order chi connectivity index (χ1) is 13.0. The standard InChI is InChI=1S/C17H28N6O4S/c1-11(2)23(16(28)26-14-18-19-20-21(14)6)10-13(24)12-8-7-9-22(12)15(25)27-17(3,4)5/h11-12H,7-10H2,1-6H3/t12-/m0/s1. The SMILES string of the molecule is CC(C)N(CC(=O)[C@@H]1CCCN1C(=O)OC(C)(C)C)C(=S)Oc1nnnn1C. The molecule has 0 unspecified atom stereocenters. The highest BCUT2D eigenvalue weighted by molar-refractivity contribution is 7.80. The number of likely N-dealkylation sites (tertiary alicyclic amines) is 1. The second-order valence-corrected chi connectivity index (χ2v) is 8.32. The van der Waals surface area contributed by atoms with Gasteiger partial charge in [-0.05, 0) is 70.1 Å². The summed E-state index contributed by atoms with van der Waals surface area (Å²) in [5, 5.41) is 11.0. The summed E-state index contributed by atoms with van der Waals surface area (Å²) in [7, 11) is 1.63. The van der Waals surface area contributed by atoms with E-state index >= 15 is 0 Å². The predicted molar refractivity (Wildman–Crippen MR) is 105 cm³/mol. The summed E-state index contributed by atoms with van der Waals surface area (Å²) in [6.07, 6.45) is 0.886. The Labute approximate surface area is 170 Å². The van der Waals surface area contributed by atoms with E-state index in [4.69, 9.17) is 21.7 Å². The zero-order valence-corrected chi connectivity index (χ0v) is 18.0. The minimum absolute atomic E-state index is 0.0196. The molecule has 1 aliphatic rings. The quantitative estimate of drug-likeness (QED) is 0.666. The van der Waals surface area contributed by atoms with Crippen molar-refractivity contribution in [3.05, 3.63) is 0 Å². The number of carbonyl (C=O) groups excluding carboxylic acids is 2. The van der Waals surface area contributed by atoms with E-state index in [1.54, 1.807) is 32.7 Å². The average molecular weight is 413 g/mol. The summed E-state index contributed by atoms with van der Waals surface area (Å²) in [5.74, 6) is -0.112. The summed E-state index contributed by atoms with van der Waals surface area (Å²) in [6, 6.07) is -0.483. The molecule has 1 aromatic heterocycles. The number of ketones is 1. The van der Waals surface area contributed by atoms with Crippen molar-refractivity contribution >= 4 is 29.3 Å². The first-order valence-corrected chi connectivity index (χ1v) is 9.63. The zero-order chi connectivity index (χ0) is 21.1. The van der Waals surface area contributed by atoms with Crippen LogP contribution >= 0.6 is 12.2 Å². The van der Waals surface area contributed by atoms with Crippen molar-refractivity contribution in [2.45, 2.75) is 65.1 Å². The number of nitrogens with zero attached hydrogens (tertiary/aromatic N) is 6. The van der Waals surface area contributed by atoms with Gasteiger partial charge in [0.1, 0.15) is 5.60 Å². The van der Waals surface area contributed by atoms with Crippen LogP contribution in [0.2, 0.25) is 0 Å². The third-order valence-corrected chi connectivity index (χ3v) is 4.51. The van der Waals surface area contributed by atoms with Crippen molar-refractivity contribution in [1.82, 2.24) is 30.0 Å². The number of Topliss-reactive ketones (excluding diaryl/α,β-unsaturated/α-hetero) is 1. The molecule has 10 nitrogen and oxygen atoms in total. The van der Waals surface area contributed by atoms with E-state index in [0.29, 0.717) is 13.0 Å². The van der Waals surface area contributed by atoms with E-state index in [2.05, 4.69) is 15.5 Å². The number of rotatable bonds is 5. The molecule has 1 fully saturated rings. The molecule has 1 saturated heterocycles. The van der Waals surface area contributed by atoms with Gasteiger partial charge in [0.15, 0.2) is 5.78 Å². The first-order valence-electron chi connectivity index (χ1n) is 9.22. The first kappa shape index (κ1) is 22.0. The molecule has 0 N–H and O–H groups in total. The van der Waals surface area contributed by atoms with E-state index in [1.807, 2.05) is 13.8 Å². The van der Waals surface area contributed by atoms with E-state index in [1.165, 1.54) is 9.58 Å². The monoisotopic (exact) mass is 412 g/mol. The van der Waals surface area contributed by atoms with Gasteiger partial charge in [-0.1, -0.05) is 5.10 Å². The number of carbonyl (C=O) groups is 2. The fourth-order valence-corrected chi connectivity index (χ4v) is 3.17. The molecular weight excluding hydrogens is 384 g/mol. The van der Waals surface area contributed by atoms with Crippen LogP contribution in [0, 0.1) is 0 Å². The lowest BCUT2D eigenvalue weighted by atomic mass is 10.1. The second kappa shape index (κ2) is 8.80. The smallest absolute Gasteiger partial charge is 0.410 e. The number of ether oxygens (including phenoxy) is 2. The third-order valence-electron chi connectivity index (χ3n) is 4.20. The number of amides is 1. The largest absolute Gasteiger partial charge is 0.444 e. The maximum Gasteiger partial charge on any atom is 0.410 e. The maximum absolute atomic E-state index is 13.0. The molecule has 1 aliphatic heterocycles. The van der Waals surface area contributed by atoms with E-state index in [9.17, 15) is 9.59 Å².